The van der Waals surface area contributed by atoms with E-state index in [0.717, 1.165) is 43.9 Å². The van der Waals surface area contributed by atoms with E-state index in [4.69, 9.17) is 0 Å². The fraction of sp³-hybridized carbons (Fsp3) is 0.435. The van der Waals surface area contributed by atoms with Crippen LogP contribution in [0.1, 0.15) is 29.5 Å². The van der Waals surface area contributed by atoms with E-state index in [1.165, 1.54) is 10.5 Å². The third-order valence-electron chi connectivity index (χ3n) is 5.77. The lowest BCUT2D eigenvalue weighted by molar-refractivity contribution is -0.917. The van der Waals surface area contributed by atoms with E-state index in [0.29, 0.717) is 12.8 Å². The van der Waals surface area contributed by atoms with Crippen LogP contribution in [-0.4, -0.2) is 51.9 Å². The smallest absolute Gasteiger partial charge is 0.240 e. The topological polar surface area (TPSA) is 70.9 Å². The highest BCUT2D eigenvalue weighted by Crippen LogP contribution is 2.14. The highest BCUT2D eigenvalue weighted by Gasteiger charge is 2.23. The molecule has 0 saturated carbocycles. The van der Waals surface area contributed by atoms with Gasteiger partial charge in [0.1, 0.15) is 6.54 Å². The van der Waals surface area contributed by atoms with Gasteiger partial charge in [0.2, 0.25) is 15.9 Å². The number of hydrogen-bond donors (Lipinski definition) is 2. The van der Waals surface area contributed by atoms with Crippen molar-refractivity contribution in [3.05, 3.63) is 65.2 Å². The number of piperazine rings is 1. The van der Waals surface area contributed by atoms with E-state index in [-0.39, 0.29) is 17.3 Å². The summed E-state index contributed by atoms with van der Waals surface area (Å²) in [6.45, 7) is 8.51. The van der Waals surface area contributed by atoms with Crippen LogP contribution in [0.2, 0.25) is 0 Å². The van der Waals surface area contributed by atoms with Crippen molar-refractivity contribution in [2.75, 3.05) is 32.7 Å². The zero-order chi connectivity index (χ0) is 21.6. The number of sulfonamides is 1. The predicted molar refractivity (Wildman–Crippen MR) is 118 cm³/mol. The van der Waals surface area contributed by atoms with E-state index in [1.807, 2.05) is 30.9 Å². The molecule has 2 N–H and O–H groups in total. The van der Waals surface area contributed by atoms with E-state index in [2.05, 4.69) is 29.0 Å². The van der Waals surface area contributed by atoms with Gasteiger partial charge >= 0.3 is 0 Å². The number of hydrogen-bond acceptors (Lipinski definition) is 3. The Morgan fingerprint density at radius 2 is 1.73 bits per heavy atom. The van der Waals surface area contributed by atoms with Crippen molar-refractivity contribution >= 4 is 15.9 Å². The molecule has 1 aliphatic heterocycles. The number of aryl methyl sites for hydroxylation is 2. The summed E-state index contributed by atoms with van der Waals surface area (Å²) in [7, 11) is -3.54. The van der Waals surface area contributed by atoms with Gasteiger partial charge in [-0.25, -0.2) is 13.1 Å². The molecule has 0 aliphatic carbocycles. The van der Waals surface area contributed by atoms with Crippen LogP contribution in [0.5, 0.6) is 0 Å². The average Bonchev–Trinajstić information content (AvgIpc) is 2.74. The second-order valence-electron chi connectivity index (χ2n) is 8.04. The lowest BCUT2D eigenvalue weighted by Gasteiger charge is -2.32. The molecule has 0 bridgehead atoms. The minimum atomic E-state index is -3.54. The summed E-state index contributed by atoms with van der Waals surface area (Å²) >= 11 is 0. The molecule has 0 aromatic heterocycles. The Hall–Kier alpha value is -2.22. The van der Waals surface area contributed by atoms with Crippen molar-refractivity contribution in [2.24, 2.45) is 0 Å². The molecule has 3 rings (SSSR count). The molecule has 0 radical (unpaired) electrons. The number of quaternary nitrogens is 1. The molecule has 7 heteroatoms. The Labute approximate surface area is 179 Å². The number of benzene rings is 2. The van der Waals surface area contributed by atoms with Gasteiger partial charge in [0.15, 0.2) is 0 Å². The first-order valence-corrected chi connectivity index (χ1v) is 12.1. The largest absolute Gasteiger partial charge is 0.331 e. The maximum atomic E-state index is 12.5. The van der Waals surface area contributed by atoms with Gasteiger partial charge in [-0.05, 0) is 43.5 Å². The SMILES string of the molecule is Cc1ccc(S(=O)(=O)NCCCC(=O)N2CC[NH+](Cc3ccccc3)CC2)cc1C. The Bertz CT molecular complexity index is 953. The van der Waals surface area contributed by atoms with Gasteiger partial charge in [0.25, 0.3) is 0 Å². The minimum absolute atomic E-state index is 0.110. The first kappa shape index (κ1) is 22.5. The average molecular weight is 431 g/mol. The Kier molecular flexibility index (Phi) is 7.64. The third kappa shape index (κ3) is 6.14. The molecule has 2 aromatic rings. The van der Waals surface area contributed by atoms with Crippen molar-refractivity contribution in [2.45, 2.75) is 38.1 Å². The van der Waals surface area contributed by atoms with Gasteiger partial charge in [-0.15, -0.1) is 0 Å². The predicted octanol–water partition coefficient (Wildman–Crippen LogP) is 1.29. The van der Waals surface area contributed by atoms with E-state index in [1.54, 1.807) is 12.1 Å². The first-order valence-electron chi connectivity index (χ1n) is 10.6. The van der Waals surface area contributed by atoms with Crippen molar-refractivity contribution in [1.29, 1.82) is 0 Å². The summed E-state index contributed by atoms with van der Waals surface area (Å²) < 4.78 is 27.4. The van der Waals surface area contributed by atoms with Crippen LogP contribution in [0, 0.1) is 13.8 Å². The molecule has 162 valence electrons. The molecule has 1 fully saturated rings. The molecule has 2 aromatic carbocycles. The molecule has 0 atom stereocenters. The molecule has 6 nitrogen and oxygen atoms in total. The van der Waals surface area contributed by atoms with Gasteiger partial charge in [0.05, 0.1) is 31.1 Å². The number of rotatable bonds is 8. The fourth-order valence-corrected chi connectivity index (χ4v) is 4.86. The highest BCUT2D eigenvalue weighted by atomic mass is 32.2. The monoisotopic (exact) mass is 430 g/mol. The quantitative estimate of drug-likeness (QED) is 0.620. The fourth-order valence-electron chi connectivity index (χ4n) is 3.70. The zero-order valence-electron chi connectivity index (χ0n) is 17.9. The summed E-state index contributed by atoms with van der Waals surface area (Å²) in [4.78, 5) is 16.2. The minimum Gasteiger partial charge on any atom is -0.331 e. The molecular weight excluding hydrogens is 398 g/mol. The highest BCUT2D eigenvalue weighted by molar-refractivity contribution is 7.89. The number of amides is 1. The maximum absolute atomic E-state index is 12.5. The van der Waals surface area contributed by atoms with Crippen molar-refractivity contribution in [3.8, 4) is 0 Å². The van der Waals surface area contributed by atoms with Crippen LogP contribution in [0.25, 0.3) is 0 Å². The summed E-state index contributed by atoms with van der Waals surface area (Å²) in [6.07, 6.45) is 0.865. The van der Waals surface area contributed by atoms with Crippen molar-refractivity contribution < 1.29 is 18.1 Å². The Morgan fingerprint density at radius 1 is 1.03 bits per heavy atom. The summed E-state index contributed by atoms with van der Waals surface area (Å²) in [5.41, 5.74) is 3.33. The van der Waals surface area contributed by atoms with Crippen LogP contribution in [0.4, 0.5) is 0 Å². The van der Waals surface area contributed by atoms with Crippen LogP contribution in [0.15, 0.2) is 53.4 Å². The van der Waals surface area contributed by atoms with E-state index < -0.39 is 10.0 Å². The summed E-state index contributed by atoms with van der Waals surface area (Å²) in [5.74, 6) is 0.110. The van der Waals surface area contributed by atoms with E-state index in [9.17, 15) is 13.2 Å². The van der Waals surface area contributed by atoms with Crippen molar-refractivity contribution in [3.63, 3.8) is 0 Å². The second kappa shape index (κ2) is 10.2. The zero-order valence-corrected chi connectivity index (χ0v) is 18.7. The van der Waals surface area contributed by atoms with Crippen LogP contribution < -0.4 is 9.62 Å². The molecule has 1 aliphatic rings. The molecule has 1 amide bonds. The molecule has 1 heterocycles. The molecule has 0 spiro atoms. The lowest BCUT2D eigenvalue weighted by atomic mass is 10.1. The number of nitrogens with zero attached hydrogens (tertiary/aromatic N) is 1. The van der Waals surface area contributed by atoms with Crippen molar-refractivity contribution in [1.82, 2.24) is 9.62 Å². The summed E-state index contributed by atoms with van der Waals surface area (Å²) in [6, 6.07) is 15.5. The number of nitrogens with one attached hydrogen (secondary N) is 2. The molecular formula is C23H32N3O3S+. The molecule has 0 unspecified atom stereocenters. The Morgan fingerprint density at radius 3 is 2.40 bits per heavy atom. The molecule has 1 saturated heterocycles. The maximum Gasteiger partial charge on any atom is 0.240 e. The van der Waals surface area contributed by atoms with Gasteiger partial charge in [-0.1, -0.05) is 36.4 Å². The van der Waals surface area contributed by atoms with Crippen LogP contribution >= 0.6 is 0 Å². The van der Waals surface area contributed by atoms with Gasteiger partial charge < -0.3 is 9.80 Å². The van der Waals surface area contributed by atoms with Gasteiger partial charge in [-0.3, -0.25) is 4.79 Å². The van der Waals surface area contributed by atoms with Gasteiger partial charge in [0, 0.05) is 18.5 Å². The van der Waals surface area contributed by atoms with Gasteiger partial charge in [-0.2, -0.15) is 0 Å². The number of carbonyl (C=O) groups is 1. The third-order valence-corrected chi connectivity index (χ3v) is 7.23. The van der Waals surface area contributed by atoms with Crippen LogP contribution in [0.3, 0.4) is 0 Å². The van der Waals surface area contributed by atoms with Crippen LogP contribution in [-0.2, 0) is 21.4 Å². The first-order chi connectivity index (χ1) is 14.3. The summed E-state index contributed by atoms with van der Waals surface area (Å²) in [5, 5.41) is 0. The Balaban J connectivity index is 1.38. The molecule has 30 heavy (non-hydrogen) atoms. The second-order valence-corrected chi connectivity index (χ2v) is 9.81. The normalized spacial score (nSPS) is 15.3. The standard InChI is InChI=1S/C23H31N3O3S/c1-19-10-11-22(17-20(19)2)30(28,29)24-12-6-9-23(27)26-15-13-25(14-16-26)18-21-7-4-3-5-8-21/h3-5,7-8,10-11,17,24H,6,9,12-16,18H2,1-2H3/p+1. The number of carbonyl (C=O) groups excluding carboxylic acids is 1. The lowest BCUT2D eigenvalue weighted by Crippen LogP contribution is -3.13. The van der Waals surface area contributed by atoms with E-state index >= 15 is 0 Å².